The lowest BCUT2D eigenvalue weighted by Crippen LogP contribution is -2.34. The molecule has 0 fully saturated rings. The van der Waals surface area contributed by atoms with Gasteiger partial charge in [-0.15, -0.1) is 0 Å². The number of benzene rings is 2. The van der Waals surface area contributed by atoms with E-state index in [9.17, 15) is 4.79 Å². The lowest BCUT2D eigenvalue weighted by atomic mass is 10.2. The van der Waals surface area contributed by atoms with Crippen molar-refractivity contribution in [1.82, 2.24) is 5.32 Å². The minimum atomic E-state index is -0.330. The largest absolute Gasteiger partial charge is 0.496 e. The Hall–Kier alpha value is -1.92. The fourth-order valence-electron chi connectivity index (χ4n) is 1.91. The molecule has 2 N–H and O–H groups in total. The Labute approximate surface area is 143 Å². The number of methoxy groups -OCH3 is 1. The van der Waals surface area contributed by atoms with E-state index in [2.05, 4.69) is 26.6 Å². The fraction of sp³-hybridized carbons (Fsp3) is 0.125. The van der Waals surface area contributed by atoms with Crippen LogP contribution in [0.1, 0.15) is 15.9 Å². The molecule has 0 aliphatic carbocycles. The van der Waals surface area contributed by atoms with Crippen molar-refractivity contribution in [3.8, 4) is 5.75 Å². The highest BCUT2D eigenvalue weighted by Gasteiger charge is 2.14. The minimum Gasteiger partial charge on any atom is -0.496 e. The molecule has 2 rings (SSSR count). The second-order valence-electron chi connectivity index (χ2n) is 4.62. The first-order valence-corrected chi connectivity index (χ1v) is 7.72. The van der Waals surface area contributed by atoms with Gasteiger partial charge in [0.1, 0.15) is 5.75 Å². The molecular weight excluding hydrogens is 364 g/mol. The monoisotopic (exact) mass is 378 g/mol. The van der Waals surface area contributed by atoms with Gasteiger partial charge in [0.2, 0.25) is 0 Å². The predicted molar refractivity (Wildman–Crippen MR) is 95.6 cm³/mol. The van der Waals surface area contributed by atoms with Crippen molar-refractivity contribution >= 4 is 44.9 Å². The number of amides is 1. The van der Waals surface area contributed by atoms with E-state index < -0.39 is 0 Å². The first kappa shape index (κ1) is 16.5. The van der Waals surface area contributed by atoms with E-state index in [-0.39, 0.29) is 11.0 Å². The van der Waals surface area contributed by atoms with Gasteiger partial charge in [0, 0.05) is 10.2 Å². The van der Waals surface area contributed by atoms with E-state index in [4.69, 9.17) is 17.0 Å². The van der Waals surface area contributed by atoms with Crippen LogP contribution in [0.4, 0.5) is 5.69 Å². The van der Waals surface area contributed by atoms with Gasteiger partial charge >= 0.3 is 0 Å². The van der Waals surface area contributed by atoms with Crippen LogP contribution in [0.15, 0.2) is 46.9 Å². The quantitative estimate of drug-likeness (QED) is 0.795. The number of nitrogens with one attached hydrogen (secondary N) is 2. The molecule has 2 aromatic carbocycles. The molecule has 22 heavy (non-hydrogen) atoms. The summed E-state index contributed by atoms with van der Waals surface area (Å²) in [6.07, 6.45) is 0. The summed E-state index contributed by atoms with van der Waals surface area (Å²) in [5.41, 5.74) is 2.34. The zero-order valence-corrected chi connectivity index (χ0v) is 14.5. The maximum atomic E-state index is 12.3. The molecule has 1 amide bonds. The summed E-state index contributed by atoms with van der Waals surface area (Å²) >= 11 is 8.51. The molecule has 4 nitrogen and oxygen atoms in total. The Kier molecular flexibility index (Phi) is 5.51. The number of thiocarbonyl (C=S) groups is 1. The third-order valence-electron chi connectivity index (χ3n) is 2.91. The Morgan fingerprint density at radius 3 is 2.68 bits per heavy atom. The summed E-state index contributed by atoms with van der Waals surface area (Å²) in [5, 5.41) is 5.86. The highest BCUT2D eigenvalue weighted by atomic mass is 79.9. The number of ether oxygens (including phenoxy) is 1. The summed E-state index contributed by atoms with van der Waals surface area (Å²) in [4.78, 5) is 12.3. The second-order valence-corrected chi connectivity index (χ2v) is 5.95. The van der Waals surface area contributed by atoms with Crippen molar-refractivity contribution < 1.29 is 9.53 Å². The van der Waals surface area contributed by atoms with E-state index in [1.807, 2.05) is 31.2 Å². The van der Waals surface area contributed by atoms with Gasteiger partial charge in [-0.25, -0.2) is 0 Å². The van der Waals surface area contributed by atoms with E-state index in [1.54, 1.807) is 18.2 Å². The van der Waals surface area contributed by atoms with Gasteiger partial charge < -0.3 is 10.1 Å². The lowest BCUT2D eigenvalue weighted by Gasteiger charge is -2.12. The molecule has 0 aliphatic heterocycles. The van der Waals surface area contributed by atoms with Crippen molar-refractivity contribution in [3.05, 3.63) is 58.1 Å². The van der Waals surface area contributed by atoms with Crippen molar-refractivity contribution in [2.45, 2.75) is 6.92 Å². The summed E-state index contributed by atoms with van der Waals surface area (Å²) in [7, 11) is 1.52. The van der Waals surface area contributed by atoms with Crippen LogP contribution in [-0.4, -0.2) is 18.1 Å². The molecule has 0 saturated heterocycles. The summed E-state index contributed by atoms with van der Waals surface area (Å²) in [5.74, 6) is 0.155. The molecule has 0 atom stereocenters. The van der Waals surface area contributed by atoms with Crippen molar-refractivity contribution in [3.63, 3.8) is 0 Å². The van der Waals surface area contributed by atoms with Crippen LogP contribution in [0.3, 0.4) is 0 Å². The van der Waals surface area contributed by atoms with Gasteiger partial charge in [0.15, 0.2) is 5.11 Å². The zero-order valence-electron chi connectivity index (χ0n) is 12.1. The Morgan fingerprint density at radius 2 is 2.00 bits per heavy atom. The van der Waals surface area contributed by atoms with Gasteiger partial charge in [-0.3, -0.25) is 10.1 Å². The lowest BCUT2D eigenvalue weighted by molar-refractivity contribution is 0.0974. The molecule has 0 spiro atoms. The number of halogens is 1. The standard InChI is InChI=1S/C16H15BrN2O2S/c1-10-4-3-5-12(8-10)18-16(22)19-15(20)13-9-11(17)6-7-14(13)21-2/h3-9H,1-2H3,(H2,18,19,20,22). The van der Waals surface area contributed by atoms with E-state index in [0.717, 1.165) is 15.7 Å². The number of hydrogen-bond acceptors (Lipinski definition) is 3. The van der Waals surface area contributed by atoms with Crippen LogP contribution in [0.2, 0.25) is 0 Å². The normalized spacial score (nSPS) is 9.95. The van der Waals surface area contributed by atoms with Gasteiger partial charge in [-0.1, -0.05) is 28.1 Å². The van der Waals surface area contributed by atoms with E-state index in [0.29, 0.717) is 11.3 Å². The van der Waals surface area contributed by atoms with Gasteiger partial charge in [0.05, 0.1) is 12.7 Å². The minimum absolute atomic E-state index is 0.234. The first-order valence-electron chi connectivity index (χ1n) is 6.52. The number of hydrogen-bond donors (Lipinski definition) is 2. The molecular formula is C16H15BrN2O2S. The van der Waals surface area contributed by atoms with Crippen LogP contribution in [0.5, 0.6) is 5.75 Å². The molecule has 0 radical (unpaired) electrons. The topological polar surface area (TPSA) is 50.4 Å². The van der Waals surface area contributed by atoms with E-state index >= 15 is 0 Å². The number of carbonyl (C=O) groups is 1. The maximum absolute atomic E-state index is 12.3. The molecule has 0 saturated carbocycles. The van der Waals surface area contributed by atoms with Crippen LogP contribution >= 0.6 is 28.1 Å². The highest BCUT2D eigenvalue weighted by Crippen LogP contribution is 2.22. The SMILES string of the molecule is COc1ccc(Br)cc1C(=O)NC(=S)Nc1cccc(C)c1. The molecule has 2 aromatic rings. The zero-order chi connectivity index (χ0) is 16.1. The molecule has 114 valence electrons. The highest BCUT2D eigenvalue weighted by molar-refractivity contribution is 9.10. The number of aryl methyl sites for hydroxylation is 1. The Bertz CT molecular complexity index is 719. The number of rotatable bonds is 3. The second kappa shape index (κ2) is 7.38. The predicted octanol–water partition coefficient (Wildman–Crippen LogP) is 3.89. The number of carbonyl (C=O) groups excluding carboxylic acids is 1. The Balaban J connectivity index is 2.08. The molecule has 6 heteroatoms. The van der Waals surface area contributed by atoms with Crippen molar-refractivity contribution in [2.24, 2.45) is 0 Å². The van der Waals surface area contributed by atoms with Crippen LogP contribution < -0.4 is 15.4 Å². The third kappa shape index (κ3) is 4.29. The average molecular weight is 379 g/mol. The first-order chi connectivity index (χ1) is 10.5. The smallest absolute Gasteiger partial charge is 0.261 e. The van der Waals surface area contributed by atoms with Crippen molar-refractivity contribution in [1.29, 1.82) is 0 Å². The van der Waals surface area contributed by atoms with Crippen LogP contribution in [0.25, 0.3) is 0 Å². The van der Waals surface area contributed by atoms with Gasteiger partial charge in [0.25, 0.3) is 5.91 Å². The van der Waals surface area contributed by atoms with E-state index in [1.165, 1.54) is 7.11 Å². The summed E-state index contributed by atoms with van der Waals surface area (Å²) < 4.78 is 5.98. The summed E-state index contributed by atoms with van der Waals surface area (Å²) in [6.45, 7) is 1.99. The van der Waals surface area contributed by atoms with Crippen LogP contribution in [0, 0.1) is 6.92 Å². The molecule has 0 unspecified atom stereocenters. The average Bonchev–Trinajstić information content (AvgIpc) is 2.47. The fourth-order valence-corrected chi connectivity index (χ4v) is 2.48. The van der Waals surface area contributed by atoms with Gasteiger partial charge in [-0.05, 0) is 55.0 Å². The van der Waals surface area contributed by atoms with Crippen molar-refractivity contribution in [2.75, 3.05) is 12.4 Å². The van der Waals surface area contributed by atoms with Gasteiger partial charge in [-0.2, -0.15) is 0 Å². The summed E-state index contributed by atoms with van der Waals surface area (Å²) in [6, 6.07) is 12.9. The van der Waals surface area contributed by atoms with Crippen LogP contribution in [-0.2, 0) is 0 Å². The third-order valence-corrected chi connectivity index (χ3v) is 3.61. The maximum Gasteiger partial charge on any atom is 0.261 e. The Morgan fingerprint density at radius 1 is 1.23 bits per heavy atom. The number of anilines is 1. The molecule has 0 bridgehead atoms. The molecule has 0 aliphatic rings. The molecule has 0 aromatic heterocycles. The molecule has 0 heterocycles.